The molecule has 1 nitrogen and oxygen atoms in total. The Morgan fingerprint density at radius 3 is 1.36 bits per heavy atom. The van der Waals surface area contributed by atoms with Crippen LogP contribution in [0.15, 0.2) is 102 Å². The zero-order valence-electron chi connectivity index (χ0n) is 13.6. The van der Waals surface area contributed by atoms with Gasteiger partial charge in [0, 0.05) is 11.1 Å². The minimum atomic E-state index is 1.14. The molecule has 5 rings (SSSR count). The van der Waals surface area contributed by atoms with E-state index in [0.717, 1.165) is 11.1 Å². The Balaban J connectivity index is 1.71. The van der Waals surface area contributed by atoms with Gasteiger partial charge in [-0.2, -0.15) is 0 Å². The molecule has 0 unspecified atom stereocenters. The van der Waals surface area contributed by atoms with Gasteiger partial charge in [0.1, 0.15) is 0 Å². The quantitative estimate of drug-likeness (QED) is 0.348. The molecule has 0 fully saturated rings. The Labute approximate surface area is 146 Å². The monoisotopic (exact) mass is 320 g/mol. The molecule has 0 N–H and O–H groups in total. The number of rotatable bonds is 2. The highest BCUT2D eigenvalue weighted by Gasteiger charge is 2.19. The molecule has 0 saturated heterocycles. The van der Waals surface area contributed by atoms with Gasteiger partial charge < -0.3 is 4.42 Å². The first-order valence-electron chi connectivity index (χ1n) is 8.44. The Bertz CT molecular complexity index is 1020. The number of hydrogen-bond donors (Lipinski definition) is 0. The van der Waals surface area contributed by atoms with Crippen LogP contribution in [0.5, 0.6) is 0 Å². The average molecular weight is 320 g/mol. The molecule has 0 spiro atoms. The van der Waals surface area contributed by atoms with Crippen LogP contribution in [0, 0.1) is 0 Å². The second-order valence-electron chi connectivity index (χ2n) is 6.25. The summed E-state index contributed by atoms with van der Waals surface area (Å²) in [6.45, 7) is 0. The predicted molar refractivity (Wildman–Crippen MR) is 103 cm³/mol. The molecule has 4 aliphatic rings. The molecule has 25 heavy (non-hydrogen) atoms. The lowest BCUT2D eigenvalue weighted by Gasteiger charge is -2.05. The molecule has 0 atom stereocenters. The Morgan fingerprint density at radius 2 is 0.840 bits per heavy atom. The zero-order chi connectivity index (χ0) is 16.6. The average Bonchev–Trinajstić information content (AvgIpc) is 3.25. The third-order valence-electron chi connectivity index (χ3n) is 4.83. The summed E-state index contributed by atoms with van der Waals surface area (Å²) in [5, 5.41) is 0. The lowest BCUT2D eigenvalue weighted by molar-refractivity contribution is 0.569. The summed E-state index contributed by atoms with van der Waals surface area (Å²) in [5.41, 5.74) is 9.68. The van der Waals surface area contributed by atoms with Crippen LogP contribution < -0.4 is 0 Å². The van der Waals surface area contributed by atoms with E-state index in [1.165, 1.54) is 33.4 Å². The van der Waals surface area contributed by atoms with Crippen molar-refractivity contribution in [2.24, 2.45) is 0 Å². The van der Waals surface area contributed by atoms with E-state index < -0.39 is 0 Å². The lowest BCUT2D eigenvalue weighted by Crippen LogP contribution is -1.80. The van der Waals surface area contributed by atoms with Crippen LogP contribution in [0.25, 0.3) is 44.5 Å². The van der Waals surface area contributed by atoms with Gasteiger partial charge in [-0.1, -0.05) is 84.9 Å². The van der Waals surface area contributed by atoms with Crippen LogP contribution in [-0.4, -0.2) is 0 Å². The van der Waals surface area contributed by atoms with Gasteiger partial charge in [0.15, 0.2) is 0 Å². The molecule has 0 aromatic carbocycles. The van der Waals surface area contributed by atoms with E-state index >= 15 is 0 Å². The highest BCUT2D eigenvalue weighted by molar-refractivity contribution is 5.97. The smallest absolute Gasteiger partial charge is 0.0987 e. The van der Waals surface area contributed by atoms with Crippen molar-refractivity contribution in [3.8, 4) is 44.5 Å². The lowest BCUT2D eigenvalue weighted by atomic mass is 9.96. The van der Waals surface area contributed by atoms with Crippen molar-refractivity contribution in [1.29, 1.82) is 0 Å². The fraction of sp³-hybridized carbons (Fsp3) is 0. The molecule has 1 heteroatoms. The molecule has 0 amide bonds. The van der Waals surface area contributed by atoms with E-state index in [1.54, 1.807) is 0 Å². The maximum atomic E-state index is 5.64. The van der Waals surface area contributed by atoms with Crippen molar-refractivity contribution in [3.63, 3.8) is 0 Å². The van der Waals surface area contributed by atoms with Gasteiger partial charge >= 0.3 is 0 Å². The molecular weight excluding hydrogens is 304 g/mol. The normalized spacial score (nSPS) is 11.2. The van der Waals surface area contributed by atoms with E-state index in [2.05, 4.69) is 84.9 Å². The second kappa shape index (κ2) is 5.64. The minimum absolute atomic E-state index is 1.14. The summed E-state index contributed by atoms with van der Waals surface area (Å²) in [4.78, 5) is 0. The molecule has 4 aliphatic carbocycles. The van der Waals surface area contributed by atoms with Gasteiger partial charge in [-0.25, -0.2) is 0 Å². The van der Waals surface area contributed by atoms with Crippen molar-refractivity contribution in [1.82, 2.24) is 0 Å². The Kier molecular flexibility index (Phi) is 3.17. The molecule has 0 saturated carbocycles. The highest BCUT2D eigenvalue weighted by atomic mass is 16.3. The van der Waals surface area contributed by atoms with E-state index in [-0.39, 0.29) is 0 Å². The second-order valence-corrected chi connectivity index (χ2v) is 6.25. The van der Waals surface area contributed by atoms with Gasteiger partial charge in [-0.05, 0) is 33.4 Å². The highest BCUT2D eigenvalue weighted by Crippen LogP contribution is 2.44. The first-order chi connectivity index (χ1) is 12.4. The summed E-state index contributed by atoms with van der Waals surface area (Å²) >= 11 is 0. The maximum absolute atomic E-state index is 5.64. The van der Waals surface area contributed by atoms with Crippen LogP contribution >= 0.6 is 0 Å². The Morgan fingerprint density at radius 1 is 0.360 bits per heavy atom. The predicted octanol–water partition coefficient (Wildman–Crippen LogP) is 6.82. The van der Waals surface area contributed by atoms with Gasteiger partial charge in [-0.3, -0.25) is 0 Å². The fourth-order valence-corrected chi connectivity index (χ4v) is 3.61. The standard InChI is InChI=1S/C24H16O/c1-3-7-17-11-13-21(19(17)9-5-1)23-15-25-16-24(23)22-14-12-18-8-4-2-6-10-20(18)22/h1-16H. The third kappa shape index (κ3) is 2.25. The van der Waals surface area contributed by atoms with Gasteiger partial charge in [-0.15, -0.1) is 0 Å². The topological polar surface area (TPSA) is 13.1 Å². The van der Waals surface area contributed by atoms with Gasteiger partial charge in [0.05, 0.1) is 12.5 Å². The van der Waals surface area contributed by atoms with Crippen molar-refractivity contribution in [2.75, 3.05) is 0 Å². The van der Waals surface area contributed by atoms with Crippen LogP contribution in [-0.2, 0) is 0 Å². The Hall–Kier alpha value is -3.32. The van der Waals surface area contributed by atoms with E-state index in [9.17, 15) is 0 Å². The summed E-state index contributed by atoms with van der Waals surface area (Å²) in [5.74, 6) is 0. The van der Waals surface area contributed by atoms with E-state index in [0.29, 0.717) is 0 Å². The number of fused-ring (bicyclic) bond motifs is 2. The van der Waals surface area contributed by atoms with Crippen LogP contribution in [0.3, 0.4) is 0 Å². The first-order valence-corrected chi connectivity index (χ1v) is 8.44. The van der Waals surface area contributed by atoms with Crippen LogP contribution in [0.4, 0.5) is 0 Å². The molecule has 1 aromatic heterocycles. The number of furan rings is 1. The van der Waals surface area contributed by atoms with Gasteiger partial charge in [0.2, 0.25) is 0 Å². The summed E-state index contributed by atoms with van der Waals surface area (Å²) in [6, 6.07) is 29.8. The molecule has 0 radical (unpaired) electrons. The zero-order valence-corrected chi connectivity index (χ0v) is 13.6. The SMILES string of the molecule is c1ccc2ccc(-c3cocc3-c3ccc4cccccc3-4)c-2cc1. The van der Waals surface area contributed by atoms with Gasteiger partial charge in [0.25, 0.3) is 0 Å². The molecule has 1 aromatic rings. The van der Waals surface area contributed by atoms with Crippen molar-refractivity contribution < 1.29 is 4.42 Å². The molecule has 0 bridgehead atoms. The van der Waals surface area contributed by atoms with Crippen molar-refractivity contribution >= 4 is 0 Å². The molecule has 1 heterocycles. The molecule has 0 aliphatic heterocycles. The fourth-order valence-electron chi connectivity index (χ4n) is 3.61. The van der Waals surface area contributed by atoms with Crippen molar-refractivity contribution in [2.45, 2.75) is 0 Å². The maximum Gasteiger partial charge on any atom is 0.0987 e. The third-order valence-corrected chi connectivity index (χ3v) is 4.83. The number of hydrogen-bond acceptors (Lipinski definition) is 1. The van der Waals surface area contributed by atoms with Crippen LogP contribution in [0.2, 0.25) is 0 Å². The summed E-state index contributed by atoms with van der Waals surface area (Å²) in [7, 11) is 0. The summed E-state index contributed by atoms with van der Waals surface area (Å²) in [6.07, 6.45) is 3.72. The summed E-state index contributed by atoms with van der Waals surface area (Å²) < 4.78 is 5.64. The minimum Gasteiger partial charge on any atom is -0.471 e. The first kappa shape index (κ1) is 14.1. The largest absolute Gasteiger partial charge is 0.471 e. The molecule has 118 valence electrons. The van der Waals surface area contributed by atoms with Crippen molar-refractivity contribution in [3.05, 3.63) is 97.5 Å². The van der Waals surface area contributed by atoms with E-state index in [4.69, 9.17) is 4.42 Å². The van der Waals surface area contributed by atoms with E-state index in [1.807, 2.05) is 12.5 Å². The van der Waals surface area contributed by atoms with Crippen LogP contribution in [0.1, 0.15) is 0 Å². The molecular formula is C24H16O.